The van der Waals surface area contributed by atoms with Crippen molar-refractivity contribution in [2.75, 3.05) is 0 Å². The summed E-state index contributed by atoms with van der Waals surface area (Å²) in [6, 6.07) is 8.28. The smallest absolute Gasteiger partial charge is 0.373 e. The average molecular weight is 546 g/mol. The van der Waals surface area contributed by atoms with E-state index in [1.54, 1.807) is 6.92 Å². The lowest BCUT2D eigenvalue weighted by Crippen LogP contribution is -2.53. The molecule has 210 valence electrons. The number of aliphatic hydroxyl groups is 2. The van der Waals surface area contributed by atoms with E-state index < -0.39 is 46.4 Å². The van der Waals surface area contributed by atoms with Crippen LogP contribution in [0.15, 0.2) is 54.1 Å². The monoisotopic (exact) mass is 545 g/mol. The Morgan fingerprint density at radius 2 is 2.02 bits per heavy atom. The Morgan fingerprint density at radius 1 is 1.30 bits per heavy atom. The number of benzene rings is 1. The van der Waals surface area contributed by atoms with Crippen LogP contribution in [0, 0.1) is 28.6 Å². The van der Waals surface area contributed by atoms with Gasteiger partial charge in [0.15, 0.2) is 0 Å². The molecule has 3 saturated carbocycles. The number of amides is 1. The van der Waals surface area contributed by atoms with Gasteiger partial charge in [-0.3, -0.25) is 9.59 Å². The molecule has 4 fully saturated rings. The van der Waals surface area contributed by atoms with E-state index in [1.807, 2.05) is 19.1 Å². The summed E-state index contributed by atoms with van der Waals surface area (Å²) < 4.78 is 5.59. The SMILES string of the molecule is C=C1C[C@]23C[C@@]1(O)CC[C@H]2C1=C[C@@H]2OC(=O)[C@@](C)([C@H]1[C@@H]3C(=O)N[C@H](C)CC1=CCc3ccccc31)[C@H]2O.O=C=O. The lowest BCUT2D eigenvalue weighted by molar-refractivity contribution is -0.191. The van der Waals surface area contributed by atoms with E-state index >= 15 is 0 Å². The summed E-state index contributed by atoms with van der Waals surface area (Å²) in [5, 5.41) is 25.9. The van der Waals surface area contributed by atoms with Gasteiger partial charge in [-0.25, -0.2) is 0 Å². The third-order valence-electron chi connectivity index (χ3n) is 10.8. The first-order valence-corrected chi connectivity index (χ1v) is 14.1. The third-order valence-corrected chi connectivity index (χ3v) is 10.8. The molecule has 1 saturated heterocycles. The van der Waals surface area contributed by atoms with Crippen molar-refractivity contribution in [1.29, 1.82) is 0 Å². The van der Waals surface area contributed by atoms with E-state index in [4.69, 9.17) is 14.3 Å². The van der Waals surface area contributed by atoms with E-state index in [9.17, 15) is 19.8 Å². The molecule has 1 amide bonds. The topological polar surface area (TPSA) is 130 Å². The number of nitrogens with one attached hydrogen (secondary N) is 1. The number of carbonyl (C=O) groups excluding carboxylic acids is 4. The molecule has 40 heavy (non-hydrogen) atoms. The van der Waals surface area contributed by atoms with E-state index in [0.717, 1.165) is 30.4 Å². The van der Waals surface area contributed by atoms with Gasteiger partial charge in [-0.15, -0.1) is 0 Å². The standard InChI is InChI=1S/C31H35NO5.CO2/c1-16-14-30-15-31(16,36)11-10-22(30)21-13-23-26(33)29(3,28(35)37-23)24(21)25(30)27(34)32-17(2)12-19-9-8-18-6-4-5-7-20(18)19;2-1-3/h4-7,9,13,17,22-26,33,36H,1,8,10-12,14-15H2,2-3H3,(H,32,34);/t17-,22+,23+,24-,25-,26+,29+,30+,31+;/m1./s1. The fraction of sp³-hybridized carbons (Fsp3) is 0.531. The Balaban J connectivity index is 0.000000925. The molecule has 6 aliphatic rings. The molecule has 7 rings (SSSR count). The molecule has 1 aliphatic heterocycles. The van der Waals surface area contributed by atoms with Gasteiger partial charge in [0, 0.05) is 12.0 Å². The van der Waals surface area contributed by atoms with Gasteiger partial charge in [0.1, 0.15) is 17.6 Å². The van der Waals surface area contributed by atoms with Crippen LogP contribution < -0.4 is 5.32 Å². The largest absolute Gasteiger partial charge is 0.455 e. The normalized spacial score (nSPS) is 40.4. The van der Waals surface area contributed by atoms with Gasteiger partial charge < -0.3 is 20.3 Å². The molecule has 1 heterocycles. The fourth-order valence-electron chi connectivity index (χ4n) is 9.14. The number of fused-ring (bicyclic) bond motifs is 7. The van der Waals surface area contributed by atoms with Crippen molar-refractivity contribution in [1.82, 2.24) is 5.32 Å². The van der Waals surface area contributed by atoms with Gasteiger partial charge >= 0.3 is 12.1 Å². The number of carbonyl (C=O) groups is 2. The number of hydrogen-bond acceptors (Lipinski definition) is 7. The van der Waals surface area contributed by atoms with E-state index in [-0.39, 0.29) is 24.0 Å². The van der Waals surface area contributed by atoms with E-state index in [0.29, 0.717) is 19.3 Å². The van der Waals surface area contributed by atoms with Crippen LogP contribution >= 0.6 is 0 Å². The van der Waals surface area contributed by atoms with Gasteiger partial charge in [0.25, 0.3) is 0 Å². The number of hydrogen-bond donors (Lipinski definition) is 3. The van der Waals surface area contributed by atoms with Crippen LogP contribution in [0.2, 0.25) is 0 Å². The zero-order valence-electron chi connectivity index (χ0n) is 22.8. The number of aliphatic hydroxyl groups excluding tert-OH is 1. The lowest BCUT2D eigenvalue weighted by atomic mass is 9.60. The molecule has 0 unspecified atom stereocenters. The van der Waals surface area contributed by atoms with Crippen molar-refractivity contribution in [3.05, 3.63) is 65.3 Å². The predicted octanol–water partition coefficient (Wildman–Crippen LogP) is 2.89. The number of ether oxygens (including phenoxy) is 1. The highest BCUT2D eigenvalue weighted by Gasteiger charge is 2.75. The first-order chi connectivity index (χ1) is 19.0. The van der Waals surface area contributed by atoms with E-state index in [1.165, 1.54) is 16.7 Å². The van der Waals surface area contributed by atoms with Crippen molar-refractivity contribution >= 4 is 23.6 Å². The van der Waals surface area contributed by atoms with Gasteiger partial charge in [-0.2, -0.15) is 9.59 Å². The van der Waals surface area contributed by atoms with Gasteiger partial charge in [-0.05, 0) is 92.1 Å². The van der Waals surface area contributed by atoms with Crippen LogP contribution in [0.4, 0.5) is 0 Å². The molecular weight excluding hydrogens is 510 g/mol. The predicted molar refractivity (Wildman–Crippen MR) is 143 cm³/mol. The summed E-state index contributed by atoms with van der Waals surface area (Å²) in [7, 11) is 0. The molecule has 0 aromatic heterocycles. The van der Waals surface area contributed by atoms with Crippen LogP contribution in [0.25, 0.3) is 5.57 Å². The Kier molecular flexibility index (Phi) is 6.11. The van der Waals surface area contributed by atoms with Crippen LogP contribution in [0.5, 0.6) is 0 Å². The van der Waals surface area contributed by atoms with Crippen LogP contribution in [0.1, 0.15) is 57.1 Å². The summed E-state index contributed by atoms with van der Waals surface area (Å²) in [6.45, 7) is 8.03. The first-order valence-electron chi connectivity index (χ1n) is 14.1. The molecule has 1 spiro atoms. The molecule has 3 N–H and O–H groups in total. The highest BCUT2D eigenvalue weighted by Crippen LogP contribution is 2.74. The van der Waals surface area contributed by atoms with Crippen molar-refractivity contribution in [2.45, 2.75) is 76.2 Å². The Morgan fingerprint density at radius 3 is 2.77 bits per heavy atom. The Labute approximate surface area is 233 Å². The summed E-state index contributed by atoms with van der Waals surface area (Å²) in [5.74, 6) is -1.46. The molecule has 1 aromatic rings. The fourth-order valence-corrected chi connectivity index (χ4v) is 9.14. The maximum atomic E-state index is 14.3. The Hall–Kier alpha value is -3.32. The number of allylic oxidation sites excluding steroid dienone is 2. The molecular formula is C32H35NO7. The third kappa shape index (κ3) is 3.52. The molecule has 1 aromatic carbocycles. The van der Waals surface area contributed by atoms with Crippen molar-refractivity contribution in [3.63, 3.8) is 0 Å². The number of esters is 1. The zero-order valence-corrected chi connectivity index (χ0v) is 22.8. The number of rotatable bonds is 4. The van der Waals surface area contributed by atoms with Crippen LogP contribution in [0.3, 0.4) is 0 Å². The van der Waals surface area contributed by atoms with Crippen molar-refractivity contribution in [3.8, 4) is 0 Å². The zero-order chi connectivity index (χ0) is 28.6. The van der Waals surface area contributed by atoms with Crippen LogP contribution in [-0.4, -0.2) is 52.1 Å². The van der Waals surface area contributed by atoms with Crippen molar-refractivity contribution in [2.24, 2.45) is 28.6 Å². The summed E-state index contributed by atoms with van der Waals surface area (Å²) in [5.41, 5.74) is 3.03. The maximum Gasteiger partial charge on any atom is 0.373 e. The molecule has 9 atom stereocenters. The highest BCUT2D eigenvalue weighted by molar-refractivity contribution is 5.88. The highest BCUT2D eigenvalue weighted by atomic mass is 16.6. The average Bonchev–Trinajstić information content (AvgIpc) is 3.53. The molecule has 0 radical (unpaired) electrons. The molecule has 8 heteroatoms. The molecule has 8 nitrogen and oxygen atoms in total. The molecule has 4 bridgehead atoms. The minimum Gasteiger partial charge on any atom is -0.455 e. The Bertz CT molecular complexity index is 1410. The summed E-state index contributed by atoms with van der Waals surface area (Å²) >= 11 is 0. The quantitative estimate of drug-likeness (QED) is 0.392. The molecule has 5 aliphatic carbocycles. The summed E-state index contributed by atoms with van der Waals surface area (Å²) in [4.78, 5) is 43.7. The van der Waals surface area contributed by atoms with Crippen molar-refractivity contribution < 1.29 is 34.1 Å². The maximum absolute atomic E-state index is 14.3. The van der Waals surface area contributed by atoms with Gasteiger partial charge in [0.05, 0.1) is 11.5 Å². The first kappa shape index (κ1) is 26.9. The summed E-state index contributed by atoms with van der Waals surface area (Å²) in [6.07, 6.45) is 6.81. The second kappa shape index (κ2) is 9.10. The van der Waals surface area contributed by atoms with Gasteiger partial charge in [-0.1, -0.05) is 42.5 Å². The van der Waals surface area contributed by atoms with E-state index in [2.05, 4.69) is 36.2 Å². The minimum absolute atomic E-state index is 0.0660. The minimum atomic E-state index is -1.18. The second-order valence-corrected chi connectivity index (χ2v) is 12.8. The lowest BCUT2D eigenvalue weighted by Gasteiger charge is -2.43. The van der Waals surface area contributed by atoms with Crippen LogP contribution in [-0.2, 0) is 30.3 Å². The second-order valence-electron chi connectivity index (χ2n) is 12.8. The van der Waals surface area contributed by atoms with Gasteiger partial charge in [0.2, 0.25) is 5.91 Å².